The number of ether oxygens (including phenoxy) is 1. The second-order valence-corrected chi connectivity index (χ2v) is 20.4. The van der Waals surface area contributed by atoms with Gasteiger partial charge in [-0.25, -0.2) is 4.79 Å². The van der Waals surface area contributed by atoms with Gasteiger partial charge in [0.2, 0.25) is 0 Å². The van der Waals surface area contributed by atoms with Crippen LogP contribution >= 0.6 is 0 Å². The number of rotatable bonds is 7. The zero-order chi connectivity index (χ0) is 22.9. The summed E-state index contributed by atoms with van der Waals surface area (Å²) in [6.07, 6.45) is 1.37. The predicted molar refractivity (Wildman–Crippen MR) is 120 cm³/mol. The summed E-state index contributed by atoms with van der Waals surface area (Å²) in [5, 5.41) is 10.3. The fourth-order valence-electron chi connectivity index (χ4n) is 4.44. The zero-order valence-electron chi connectivity index (χ0n) is 19.0. The maximum atomic E-state index is 12.3. The molecule has 3 N–H and O–H groups in total. The van der Waals surface area contributed by atoms with Crippen LogP contribution in [0.25, 0.3) is 0 Å². The Bertz CT molecular complexity index is 669. The summed E-state index contributed by atoms with van der Waals surface area (Å²) < 4.78 is 24.2. The van der Waals surface area contributed by atoms with Crippen molar-refractivity contribution < 1.29 is 31.8 Å². The van der Waals surface area contributed by atoms with Crippen molar-refractivity contribution >= 4 is 37.4 Å². The molecular formula is C19H37NO7Si3. The highest BCUT2D eigenvalue weighted by atomic mass is 28.5. The van der Waals surface area contributed by atoms with Crippen molar-refractivity contribution in [3.05, 3.63) is 12.2 Å². The van der Waals surface area contributed by atoms with Gasteiger partial charge in [0, 0.05) is 0 Å². The molecule has 2 rings (SSSR count). The van der Waals surface area contributed by atoms with Crippen LogP contribution in [0.1, 0.15) is 32.6 Å². The van der Waals surface area contributed by atoms with Crippen LogP contribution in [0.15, 0.2) is 12.2 Å². The first-order valence-corrected chi connectivity index (χ1v) is 18.7. The summed E-state index contributed by atoms with van der Waals surface area (Å²) in [6.45, 7) is 15.4. The number of ketones is 1. The van der Waals surface area contributed by atoms with Gasteiger partial charge in [-0.15, -0.1) is 0 Å². The minimum atomic E-state index is -2.35. The Labute approximate surface area is 182 Å². The molecule has 4 unspecified atom stereocenters. The first-order valence-electron chi connectivity index (χ1n) is 10.6. The van der Waals surface area contributed by atoms with Crippen LogP contribution in [0.5, 0.6) is 0 Å². The van der Waals surface area contributed by atoms with Gasteiger partial charge in [-0.05, 0) is 82.9 Å². The molecule has 0 radical (unpaired) electrons. The molecule has 11 heteroatoms. The van der Waals surface area contributed by atoms with Crippen molar-refractivity contribution in [1.82, 2.24) is 0 Å². The van der Waals surface area contributed by atoms with Crippen LogP contribution in [0, 0.1) is 5.92 Å². The van der Waals surface area contributed by atoms with Gasteiger partial charge < -0.3 is 27.9 Å². The van der Waals surface area contributed by atoms with Crippen molar-refractivity contribution in [1.29, 1.82) is 0 Å². The first kappa shape index (κ1) is 25.6. The highest BCUT2D eigenvalue weighted by Crippen LogP contribution is 2.37. The maximum Gasteiger partial charge on any atom is 0.331 e. The molecule has 2 aliphatic rings. The van der Waals surface area contributed by atoms with Crippen molar-refractivity contribution in [3.63, 3.8) is 0 Å². The Morgan fingerprint density at radius 3 is 2.23 bits per heavy atom. The second-order valence-electron chi connectivity index (χ2n) is 9.62. The van der Waals surface area contributed by atoms with Gasteiger partial charge in [-0.3, -0.25) is 4.79 Å². The van der Waals surface area contributed by atoms with E-state index in [-0.39, 0.29) is 11.5 Å². The number of aliphatic hydroxyl groups excluding tert-OH is 1. The van der Waals surface area contributed by atoms with Crippen LogP contribution in [-0.4, -0.2) is 60.8 Å². The molecule has 4 atom stereocenters. The topological polar surface area (TPSA) is 117 Å². The molecule has 0 amide bonds. The fourth-order valence-corrected chi connectivity index (χ4v) is 20.9. The molecule has 1 saturated heterocycles. The normalized spacial score (nSPS) is 30.9. The third-order valence-electron chi connectivity index (χ3n) is 5.51. The highest BCUT2D eigenvalue weighted by molar-refractivity contribution is 6.92. The van der Waals surface area contributed by atoms with Crippen molar-refractivity contribution in [2.75, 3.05) is 0 Å². The number of hydrogen-bond donors (Lipinski definition) is 2. The Kier molecular flexibility index (Phi) is 8.06. The van der Waals surface area contributed by atoms with E-state index in [1.807, 2.05) is 0 Å². The average Bonchev–Trinajstić information content (AvgIpc) is 2.57. The Morgan fingerprint density at radius 2 is 1.70 bits per heavy atom. The van der Waals surface area contributed by atoms with Crippen LogP contribution < -0.4 is 5.73 Å². The molecule has 0 aromatic heterocycles. The summed E-state index contributed by atoms with van der Waals surface area (Å²) in [5.74, 6) is -1.09. The van der Waals surface area contributed by atoms with Gasteiger partial charge >= 0.3 is 31.7 Å². The number of aliphatic hydroxyl groups is 1. The summed E-state index contributed by atoms with van der Waals surface area (Å²) >= 11 is 0. The number of nitrogens with two attached hydrogens (primary N) is 1. The van der Waals surface area contributed by atoms with E-state index in [1.54, 1.807) is 0 Å². The SMILES string of the molecule is C=C(C)C(=O)C(N)C(=O)OC1CC(CC[Si]2(C)O[Si](C)(C)O[Si](C)(C)O2)CCC1O. The van der Waals surface area contributed by atoms with Gasteiger partial charge in [0.1, 0.15) is 6.10 Å². The predicted octanol–water partition coefficient (Wildman–Crippen LogP) is 2.46. The van der Waals surface area contributed by atoms with E-state index in [4.69, 9.17) is 22.8 Å². The summed E-state index contributed by atoms with van der Waals surface area (Å²) in [5.41, 5.74) is 5.89. The molecule has 0 aromatic rings. The summed E-state index contributed by atoms with van der Waals surface area (Å²) in [6, 6.07) is -0.567. The Morgan fingerprint density at radius 1 is 1.13 bits per heavy atom. The van der Waals surface area contributed by atoms with E-state index >= 15 is 0 Å². The monoisotopic (exact) mass is 475 g/mol. The number of esters is 1. The molecular weight excluding hydrogens is 438 g/mol. The van der Waals surface area contributed by atoms with E-state index in [2.05, 4.69) is 39.3 Å². The molecule has 172 valence electrons. The summed E-state index contributed by atoms with van der Waals surface area (Å²) in [4.78, 5) is 24.1. The largest absolute Gasteiger partial charge is 0.458 e. The van der Waals surface area contributed by atoms with Crippen LogP contribution in [0.4, 0.5) is 0 Å². The molecule has 2 fully saturated rings. The Hall–Kier alpha value is -0.669. The van der Waals surface area contributed by atoms with Gasteiger partial charge in [-0.1, -0.05) is 6.58 Å². The van der Waals surface area contributed by atoms with Crippen molar-refractivity contribution in [2.45, 2.75) is 89.6 Å². The van der Waals surface area contributed by atoms with Gasteiger partial charge in [0.05, 0.1) is 6.10 Å². The molecule has 8 nitrogen and oxygen atoms in total. The lowest BCUT2D eigenvalue weighted by atomic mass is 9.83. The smallest absolute Gasteiger partial charge is 0.331 e. The van der Waals surface area contributed by atoms with E-state index in [0.717, 1.165) is 18.9 Å². The van der Waals surface area contributed by atoms with Crippen molar-refractivity contribution in [2.24, 2.45) is 11.7 Å². The molecule has 0 aromatic carbocycles. The first-order chi connectivity index (χ1) is 13.6. The van der Waals surface area contributed by atoms with E-state index < -0.39 is 55.7 Å². The molecule has 0 bridgehead atoms. The summed E-state index contributed by atoms with van der Waals surface area (Å²) in [7, 11) is -6.74. The zero-order valence-corrected chi connectivity index (χ0v) is 22.0. The fraction of sp³-hybridized carbons (Fsp3) is 0.789. The van der Waals surface area contributed by atoms with Gasteiger partial charge in [0.15, 0.2) is 11.8 Å². The second kappa shape index (κ2) is 9.45. The maximum absolute atomic E-state index is 12.3. The molecule has 1 heterocycles. The van der Waals surface area contributed by atoms with Gasteiger partial charge in [0.25, 0.3) is 0 Å². The molecule has 1 saturated carbocycles. The molecule has 1 aliphatic heterocycles. The number of Topliss-reactive ketones (excluding diaryl/α,β-unsaturated/α-hetero) is 1. The Balaban J connectivity index is 1.95. The minimum absolute atomic E-state index is 0.203. The lowest BCUT2D eigenvalue weighted by Gasteiger charge is -2.48. The standard InChI is InChI=1S/C19H37NO7Si3/c1-13(2)18(22)17(20)19(23)24-16-12-14(8-9-15(16)21)10-11-30(7)26-28(3,4)25-29(5,6)27-30/h14-17,21H,1,8-12,20H2,2-7H3. The van der Waals surface area contributed by atoms with E-state index in [1.165, 1.54) is 6.92 Å². The molecule has 1 aliphatic carbocycles. The number of hydrogen-bond acceptors (Lipinski definition) is 8. The average molecular weight is 476 g/mol. The van der Waals surface area contributed by atoms with Gasteiger partial charge in [-0.2, -0.15) is 0 Å². The third kappa shape index (κ3) is 6.92. The van der Waals surface area contributed by atoms with Crippen LogP contribution in [-0.2, 0) is 26.7 Å². The number of carbonyl (C=O) groups is 2. The van der Waals surface area contributed by atoms with Crippen LogP contribution in [0.3, 0.4) is 0 Å². The highest BCUT2D eigenvalue weighted by Gasteiger charge is 2.52. The minimum Gasteiger partial charge on any atom is -0.458 e. The van der Waals surface area contributed by atoms with Crippen molar-refractivity contribution in [3.8, 4) is 0 Å². The molecule has 30 heavy (non-hydrogen) atoms. The quantitative estimate of drug-likeness (QED) is 0.249. The lowest BCUT2D eigenvalue weighted by molar-refractivity contribution is -0.161. The molecule has 0 spiro atoms. The number of carbonyl (C=O) groups excluding carboxylic acids is 2. The third-order valence-corrected chi connectivity index (χ3v) is 18.0. The lowest BCUT2D eigenvalue weighted by Crippen LogP contribution is -2.65. The van der Waals surface area contributed by atoms with E-state index in [0.29, 0.717) is 12.8 Å². The van der Waals surface area contributed by atoms with Crippen LogP contribution in [0.2, 0.25) is 38.8 Å². The van der Waals surface area contributed by atoms with E-state index in [9.17, 15) is 14.7 Å².